The molecule has 0 aromatic heterocycles. The van der Waals surface area contributed by atoms with Gasteiger partial charge in [-0.1, -0.05) is 41.6 Å². The van der Waals surface area contributed by atoms with Crippen molar-refractivity contribution < 1.29 is 9.53 Å². The largest absolute Gasteiger partial charge is 0.481 e. The van der Waals surface area contributed by atoms with Gasteiger partial charge in [-0.3, -0.25) is 4.79 Å². The molecule has 0 spiro atoms. The molecule has 4 heteroatoms. The summed E-state index contributed by atoms with van der Waals surface area (Å²) in [5.41, 5.74) is 0. The first kappa shape index (κ1) is 15.4. The molecule has 1 aliphatic carbocycles. The second-order valence-corrected chi connectivity index (χ2v) is 6.33. The number of carbonyl (C=O) groups is 1. The fourth-order valence-electron chi connectivity index (χ4n) is 2.51. The maximum Gasteiger partial charge on any atom is 0.260 e. The van der Waals surface area contributed by atoms with Crippen LogP contribution in [0.5, 0.6) is 5.75 Å². The number of carbonyl (C=O) groups excluding carboxylic acids is 1. The third-order valence-corrected chi connectivity index (χ3v) is 4.23. The summed E-state index contributed by atoms with van der Waals surface area (Å²) < 4.78 is 6.67. The van der Waals surface area contributed by atoms with Crippen molar-refractivity contribution in [2.24, 2.45) is 0 Å². The summed E-state index contributed by atoms with van der Waals surface area (Å²) in [4.78, 5) is 12.1. The van der Waals surface area contributed by atoms with Crippen LogP contribution in [0.15, 0.2) is 28.7 Å². The molecule has 1 aliphatic rings. The lowest BCUT2D eigenvalue weighted by Crippen LogP contribution is -2.42. The lowest BCUT2D eigenvalue weighted by Gasteiger charge is -2.20. The zero-order valence-electron chi connectivity index (χ0n) is 11.9. The molecule has 1 saturated carbocycles. The average molecular weight is 340 g/mol. The molecule has 1 unspecified atom stereocenters. The van der Waals surface area contributed by atoms with Crippen LogP contribution in [0.25, 0.3) is 0 Å². The Labute approximate surface area is 129 Å². The van der Waals surface area contributed by atoms with Crippen molar-refractivity contribution in [1.82, 2.24) is 5.32 Å². The van der Waals surface area contributed by atoms with E-state index >= 15 is 0 Å². The van der Waals surface area contributed by atoms with Gasteiger partial charge in [0.25, 0.3) is 5.91 Å². The van der Waals surface area contributed by atoms with Gasteiger partial charge in [-0.15, -0.1) is 0 Å². The first-order valence-electron chi connectivity index (χ1n) is 7.38. The fraction of sp³-hybridized carbons (Fsp3) is 0.562. The van der Waals surface area contributed by atoms with Crippen LogP contribution in [-0.4, -0.2) is 18.1 Å². The van der Waals surface area contributed by atoms with Gasteiger partial charge < -0.3 is 10.1 Å². The highest BCUT2D eigenvalue weighted by atomic mass is 79.9. The topological polar surface area (TPSA) is 38.3 Å². The summed E-state index contributed by atoms with van der Waals surface area (Å²) in [6.45, 7) is 1.80. The van der Waals surface area contributed by atoms with Gasteiger partial charge in [0, 0.05) is 10.5 Å². The number of halogens is 1. The van der Waals surface area contributed by atoms with Crippen molar-refractivity contribution in [3.8, 4) is 5.75 Å². The molecule has 0 saturated heterocycles. The predicted octanol–water partition coefficient (Wildman–Crippen LogP) is 4.06. The Bertz CT molecular complexity index is 425. The van der Waals surface area contributed by atoms with Crippen LogP contribution in [0.4, 0.5) is 0 Å². The Morgan fingerprint density at radius 3 is 2.40 bits per heavy atom. The number of hydrogen-bond acceptors (Lipinski definition) is 2. The number of ether oxygens (including phenoxy) is 1. The van der Waals surface area contributed by atoms with Gasteiger partial charge in [-0.25, -0.2) is 0 Å². The normalized spacial score (nSPS) is 18.1. The molecule has 1 amide bonds. The minimum Gasteiger partial charge on any atom is -0.481 e. The summed E-state index contributed by atoms with van der Waals surface area (Å²) in [6, 6.07) is 7.86. The molecule has 0 bridgehead atoms. The smallest absolute Gasteiger partial charge is 0.260 e. The molecular formula is C16H22BrNO2. The molecule has 0 aliphatic heterocycles. The van der Waals surface area contributed by atoms with Crippen LogP contribution < -0.4 is 10.1 Å². The Balaban J connectivity index is 1.83. The molecule has 110 valence electrons. The average Bonchev–Trinajstić information content (AvgIpc) is 2.70. The van der Waals surface area contributed by atoms with E-state index < -0.39 is 6.10 Å². The van der Waals surface area contributed by atoms with Crippen molar-refractivity contribution in [1.29, 1.82) is 0 Å². The van der Waals surface area contributed by atoms with Crippen molar-refractivity contribution in [2.75, 3.05) is 0 Å². The summed E-state index contributed by atoms with van der Waals surface area (Å²) in [5, 5.41) is 3.12. The first-order valence-corrected chi connectivity index (χ1v) is 8.17. The van der Waals surface area contributed by atoms with Crippen molar-refractivity contribution in [3.63, 3.8) is 0 Å². The number of rotatable bonds is 4. The van der Waals surface area contributed by atoms with Gasteiger partial charge in [-0.05, 0) is 44.0 Å². The van der Waals surface area contributed by atoms with E-state index in [0.29, 0.717) is 6.04 Å². The Hall–Kier alpha value is -1.03. The highest BCUT2D eigenvalue weighted by Gasteiger charge is 2.19. The maximum absolute atomic E-state index is 12.1. The van der Waals surface area contributed by atoms with Crippen LogP contribution in [0.3, 0.4) is 0 Å². The van der Waals surface area contributed by atoms with Crippen molar-refractivity contribution >= 4 is 21.8 Å². The van der Waals surface area contributed by atoms with Crippen LogP contribution in [0, 0.1) is 0 Å². The lowest BCUT2D eigenvalue weighted by molar-refractivity contribution is -0.128. The fourth-order valence-corrected chi connectivity index (χ4v) is 2.78. The number of hydrogen-bond donors (Lipinski definition) is 1. The number of benzene rings is 1. The van der Waals surface area contributed by atoms with Gasteiger partial charge in [0.1, 0.15) is 5.75 Å². The standard InChI is InChI=1S/C16H22BrNO2/c1-12(20-15-10-8-13(17)9-11-15)16(19)18-14-6-4-2-3-5-7-14/h8-12,14H,2-7H2,1H3,(H,18,19). The van der Waals surface area contributed by atoms with Gasteiger partial charge >= 0.3 is 0 Å². The summed E-state index contributed by atoms with van der Waals surface area (Å²) in [7, 11) is 0. The molecule has 20 heavy (non-hydrogen) atoms. The summed E-state index contributed by atoms with van der Waals surface area (Å²) >= 11 is 3.38. The quantitative estimate of drug-likeness (QED) is 0.840. The number of nitrogens with one attached hydrogen (secondary N) is 1. The lowest BCUT2D eigenvalue weighted by atomic mass is 10.1. The van der Waals surface area contributed by atoms with E-state index in [9.17, 15) is 4.79 Å². The highest BCUT2D eigenvalue weighted by Crippen LogP contribution is 2.19. The molecular weight excluding hydrogens is 318 g/mol. The van der Waals surface area contributed by atoms with Crippen LogP contribution in [-0.2, 0) is 4.79 Å². The molecule has 1 N–H and O–H groups in total. The minimum absolute atomic E-state index is 0.0141. The second-order valence-electron chi connectivity index (χ2n) is 5.41. The third kappa shape index (κ3) is 4.82. The van der Waals surface area contributed by atoms with Crippen molar-refractivity contribution in [3.05, 3.63) is 28.7 Å². The maximum atomic E-state index is 12.1. The van der Waals surface area contributed by atoms with E-state index in [2.05, 4.69) is 21.2 Å². The molecule has 1 fully saturated rings. The van der Waals surface area contributed by atoms with E-state index in [0.717, 1.165) is 23.1 Å². The SMILES string of the molecule is CC(Oc1ccc(Br)cc1)C(=O)NC1CCCCCC1. The van der Waals surface area contributed by atoms with E-state index in [1.54, 1.807) is 6.92 Å². The van der Waals surface area contributed by atoms with Crippen LogP contribution >= 0.6 is 15.9 Å². The van der Waals surface area contributed by atoms with Gasteiger partial charge in [0.2, 0.25) is 0 Å². The van der Waals surface area contributed by atoms with Crippen molar-refractivity contribution in [2.45, 2.75) is 57.6 Å². The number of amides is 1. The first-order chi connectivity index (χ1) is 9.65. The van der Waals surface area contributed by atoms with Gasteiger partial charge in [0.15, 0.2) is 6.10 Å². The van der Waals surface area contributed by atoms with E-state index in [4.69, 9.17) is 4.74 Å². The summed E-state index contributed by atoms with van der Waals surface area (Å²) in [6.07, 6.45) is 6.74. The molecule has 1 atom stereocenters. The molecule has 2 rings (SSSR count). The predicted molar refractivity (Wildman–Crippen MR) is 83.9 cm³/mol. The molecule has 1 aromatic carbocycles. The van der Waals surface area contributed by atoms with E-state index in [1.165, 1.54) is 25.7 Å². The van der Waals surface area contributed by atoms with E-state index in [-0.39, 0.29) is 5.91 Å². The van der Waals surface area contributed by atoms with Gasteiger partial charge in [-0.2, -0.15) is 0 Å². The molecule has 3 nitrogen and oxygen atoms in total. The zero-order valence-corrected chi connectivity index (χ0v) is 13.5. The monoisotopic (exact) mass is 339 g/mol. The highest BCUT2D eigenvalue weighted by molar-refractivity contribution is 9.10. The Kier molecular flexibility index (Phi) is 5.89. The minimum atomic E-state index is -0.459. The zero-order chi connectivity index (χ0) is 14.4. The third-order valence-electron chi connectivity index (χ3n) is 3.70. The van der Waals surface area contributed by atoms with Crippen LogP contribution in [0.1, 0.15) is 45.4 Å². The second kappa shape index (κ2) is 7.67. The Morgan fingerprint density at radius 1 is 1.20 bits per heavy atom. The van der Waals surface area contributed by atoms with Crippen LogP contribution in [0.2, 0.25) is 0 Å². The van der Waals surface area contributed by atoms with Gasteiger partial charge in [0.05, 0.1) is 0 Å². The molecule has 0 radical (unpaired) electrons. The molecule has 0 heterocycles. The van der Waals surface area contributed by atoms with E-state index in [1.807, 2.05) is 24.3 Å². The summed E-state index contributed by atoms with van der Waals surface area (Å²) in [5.74, 6) is 0.705. The Morgan fingerprint density at radius 2 is 1.80 bits per heavy atom. The molecule has 1 aromatic rings.